The van der Waals surface area contributed by atoms with E-state index in [-0.39, 0.29) is 12.4 Å². The summed E-state index contributed by atoms with van der Waals surface area (Å²) in [4.78, 5) is 11.7. The number of ether oxygens (including phenoxy) is 2. The van der Waals surface area contributed by atoms with E-state index in [1.165, 1.54) is 13.2 Å². The molecule has 3 atom stereocenters. The lowest BCUT2D eigenvalue weighted by Crippen LogP contribution is -2.37. The third-order valence-corrected chi connectivity index (χ3v) is 5.29. The maximum absolute atomic E-state index is 11.7. The Hall–Kier alpha value is -1.58. The Kier molecular flexibility index (Phi) is 10.6. The minimum atomic E-state index is -1.44. The van der Waals surface area contributed by atoms with Crippen molar-refractivity contribution in [2.45, 2.75) is 45.3 Å². The number of aromatic hydroxyl groups is 1. The molecule has 0 spiro atoms. The monoisotopic (exact) mass is 504 g/mol. The number of phenols is 1. The van der Waals surface area contributed by atoms with Crippen LogP contribution in [0.5, 0.6) is 11.5 Å². The second-order valence-electron chi connectivity index (χ2n) is 6.33. The number of aliphatic hydroxyl groups excluding tert-OH is 2. The van der Waals surface area contributed by atoms with Crippen LogP contribution in [-0.2, 0) is 9.53 Å². The van der Waals surface area contributed by atoms with Gasteiger partial charge in [-0.25, -0.2) is 4.79 Å². The van der Waals surface area contributed by atoms with Crippen LogP contribution in [-0.4, -0.2) is 47.2 Å². The Labute approximate surface area is 180 Å². The highest BCUT2D eigenvalue weighted by Gasteiger charge is 2.30. The second-order valence-corrected chi connectivity index (χ2v) is 7.49. The molecule has 0 aromatic heterocycles. The third-order valence-electron chi connectivity index (χ3n) is 4.47. The zero-order valence-corrected chi connectivity index (χ0v) is 18.7. The number of hydrogen-bond acceptors (Lipinski definition) is 6. The molecule has 7 heteroatoms. The smallest absolute Gasteiger partial charge is 0.335 e. The second kappa shape index (κ2) is 12.1. The third kappa shape index (κ3) is 6.79. The Morgan fingerprint density at radius 2 is 2.00 bits per heavy atom. The largest absolute Gasteiger partial charge is 0.504 e. The highest BCUT2D eigenvalue weighted by atomic mass is 127. The van der Waals surface area contributed by atoms with Crippen LogP contribution < -0.4 is 4.74 Å². The van der Waals surface area contributed by atoms with Crippen molar-refractivity contribution in [3.8, 4) is 11.5 Å². The van der Waals surface area contributed by atoms with Crippen molar-refractivity contribution < 1.29 is 29.6 Å². The fraction of sp³-hybridized carbons (Fsp3) is 0.476. The predicted molar refractivity (Wildman–Crippen MR) is 117 cm³/mol. The molecule has 0 saturated heterocycles. The average Bonchev–Trinajstić information content (AvgIpc) is 2.68. The number of aliphatic hydroxyl groups is 2. The first kappa shape index (κ1) is 24.5. The fourth-order valence-electron chi connectivity index (χ4n) is 2.83. The van der Waals surface area contributed by atoms with Gasteiger partial charge in [0.05, 0.1) is 23.4 Å². The Morgan fingerprint density at radius 1 is 1.32 bits per heavy atom. The van der Waals surface area contributed by atoms with Crippen LogP contribution in [0.15, 0.2) is 30.4 Å². The van der Waals surface area contributed by atoms with E-state index >= 15 is 0 Å². The summed E-state index contributed by atoms with van der Waals surface area (Å²) < 4.78 is 10.7. The molecule has 1 aromatic rings. The summed E-state index contributed by atoms with van der Waals surface area (Å²) in [7, 11) is 1.50. The highest BCUT2D eigenvalue weighted by Crippen LogP contribution is 2.33. The first-order chi connectivity index (χ1) is 13.3. The van der Waals surface area contributed by atoms with Gasteiger partial charge >= 0.3 is 5.97 Å². The van der Waals surface area contributed by atoms with Gasteiger partial charge in [0.1, 0.15) is 0 Å². The molecule has 0 unspecified atom stereocenters. The van der Waals surface area contributed by atoms with Crippen molar-refractivity contribution in [3.05, 3.63) is 39.5 Å². The number of esters is 1. The van der Waals surface area contributed by atoms with E-state index in [4.69, 9.17) is 9.47 Å². The van der Waals surface area contributed by atoms with E-state index in [0.717, 1.165) is 17.6 Å². The first-order valence-electron chi connectivity index (χ1n) is 9.20. The van der Waals surface area contributed by atoms with Crippen molar-refractivity contribution in [1.82, 2.24) is 0 Å². The highest BCUT2D eigenvalue weighted by molar-refractivity contribution is 14.1. The molecule has 0 radical (unpaired) electrons. The average molecular weight is 504 g/mol. The molecule has 0 fully saturated rings. The molecule has 1 rings (SSSR count). The summed E-state index contributed by atoms with van der Waals surface area (Å²) in [6.45, 7) is 7.44. The first-order valence-corrected chi connectivity index (χ1v) is 10.3. The summed E-state index contributed by atoms with van der Waals surface area (Å²) in [6.07, 6.45) is 2.71. The standard InChI is InChI=1S/C21H29IO6/c1-5-13(10-14-11-16(22)20(25)18(12-14)27-4)8-9-17(23)15(6-2)19(24)21(26)28-7-3/h6,10-12,15,17,19,23-25H,2,5,7-9H2,1,3-4H3/b13-10+/t15-,17-,19+/m1/s1. The van der Waals surface area contributed by atoms with Crippen LogP contribution >= 0.6 is 22.6 Å². The summed E-state index contributed by atoms with van der Waals surface area (Å²) in [5.41, 5.74) is 1.97. The van der Waals surface area contributed by atoms with Crippen molar-refractivity contribution >= 4 is 34.6 Å². The van der Waals surface area contributed by atoms with E-state index in [2.05, 4.69) is 6.58 Å². The van der Waals surface area contributed by atoms with Gasteiger partial charge in [-0.1, -0.05) is 24.6 Å². The van der Waals surface area contributed by atoms with Crippen LogP contribution in [0.3, 0.4) is 0 Å². The van der Waals surface area contributed by atoms with Crippen molar-refractivity contribution in [2.24, 2.45) is 5.92 Å². The minimum Gasteiger partial charge on any atom is -0.504 e. The van der Waals surface area contributed by atoms with Gasteiger partial charge in [-0.05, 0) is 66.5 Å². The lowest BCUT2D eigenvalue weighted by molar-refractivity contribution is -0.157. The van der Waals surface area contributed by atoms with Gasteiger partial charge < -0.3 is 24.8 Å². The van der Waals surface area contributed by atoms with Crippen LogP contribution in [0.1, 0.15) is 38.7 Å². The van der Waals surface area contributed by atoms with Crippen molar-refractivity contribution in [1.29, 1.82) is 0 Å². The number of benzene rings is 1. The minimum absolute atomic E-state index is 0.107. The molecule has 3 N–H and O–H groups in total. The molecule has 0 aliphatic carbocycles. The zero-order chi connectivity index (χ0) is 21.3. The number of hydrogen-bond donors (Lipinski definition) is 3. The van der Waals surface area contributed by atoms with Crippen molar-refractivity contribution in [2.75, 3.05) is 13.7 Å². The summed E-state index contributed by atoms with van der Waals surface area (Å²) in [6, 6.07) is 3.60. The van der Waals surface area contributed by atoms with Crippen LogP contribution in [0.25, 0.3) is 6.08 Å². The predicted octanol–water partition coefficient (Wildman–Crippen LogP) is 3.67. The van der Waals surface area contributed by atoms with E-state index in [0.29, 0.717) is 22.2 Å². The van der Waals surface area contributed by atoms with Gasteiger partial charge in [-0.2, -0.15) is 0 Å². The molecule has 0 amide bonds. The molecule has 0 saturated carbocycles. The molecule has 6 nitrogen and oxygen atoms in total. The molecular formula is C21H29IO6. The van der Waals surface area contributed by atoms with Crippen LogP contribution in [0, 0.1) is 9.49 Å². The van der Waals surface area contributed by atoms with Crippen LogP contribution in [0.4, 0.5) is 0 Å². The maximum atomic E-state index is 11.7. The van der Waals surface area contributed by atoms with Crippen LogP contribution in [0.2, 0.25) is 0 Å². The van der Waals surface area contributed by atoms with Crippen molar-refractivity contribution in [3.63, 3.8) is 0 Å². The molecule has 28 heavy (non-hydrogen) atoms. The normalized spacial score (nSPS) is 14.9. The number of allylic oxidation sites excluding steroid dienone is 1. The van der Waals surface area contributed by atoms with Gasteiger partial charge in [0.25, 0.3) is 0 Å². The molecular weight excluding hydrogens is 475 g/mol. The Morgan fingerprint density at radius 3 is 2.54 bits per heavy atom. The fourth-order valence-corrected chi connectivity index (χ4v) is 3.45. The van der Waals surface area contributed by atoms with Gasteiger partial charge in [0, 0.05) is 5.92 Å². The number of phenolic OH excluding ortho intramolecular Hbond substituents is 1. The van der Waals surface area contributed by atoms with E-state index in [9.17, 15) is 20.1 Å². The number of halogens is 1. The van der Waals surface area contributed by atoms with E-state index in [1.807, 2.05) is 41.7 Å². The SMILES string of the molecule is C=C[C@H]([C@H](O)CC/C(=C/c1cc(I)c(O)c(OC)c1)CC)[C@H](O)C(=O)OCC. The molecule has 0 aliphatic heterocycles. The number of carbonyl (C=O) groups is 1. The number of methoxy groups -OCH3 is 1. The molecule has 156 valence electrons. The Bertz CT molecular complexity index is 700. The lowest BCUT2D eigenvalue weighted by Gasteiger charge is -2.23. The zero-order valence-electron chi connectivity index (χ0n) is 16.5. The van der Waals surface area contributed by atoms with Gasteiger partial charge in [-0.3, -0.25) is 0 Å². The Balaban J connectivity index is 2.87. The topological polar surface area (TPSA) is 96.2 Å². The number of carbonyl (C=O) groups excluding carboxylic acids is 1. The summed E-state index contributed by atoms with van der Waals surface area (Å²) >= 11 is 2.04. The summed E-state index contributed by atoms with van der Waals surface area (Å²) in [5, 5.41) is 30.5. The van der Waals surface area contributed by atoms with E-state index in [1.54, 1.807) is 13.0 Å². The molecule has 1 aromatic carbocycles. The summed E-state index contributed by atoms with van der Waals surface area (Å²) in [5.74, 6) is -1.05. The molecule has 0 heterocycles. The van der Waals surface area contributed by atoms with Gasteiger partial charge in [0.15, 0.2) is 17.6 Å². The molecule has 0 bridgehead atoms. The number of rotatable bonds is 11. The van der Waals surface area contributed by atoms with E-state index < -0.39 is 24.1 Å². The quantitative estimate of drug-likeness (QED) is 0.242. The maximum Gasteiger partial charge on any atom is 0.335 e. The van der Waals surface area contributed by atoms with Gasteiger partial charge in [0.2, 0.25) is 0 Å². The van der Waals surface area contributed by atoms with Gasteiger partial charge in [-0.15, -0.1) is 6.58 Å². The molecule has 0 aliphatic rings. The lowest BCUT2D eigenvalue weighted by atomic mass is 9.90.